The minimum atomic E-state index is -0.131. The first-order valence-electron chi connectivity index (χ1n) is 6.42. The first-order chi connectivity index (χ1) is 8.49. The summed E-state index contributed by atoms with van der Waals surface area (Å²) in [5.41, 5.74) is 1.39. The Labute approximate surface area is 107 Å². The number of hydrogen-bond acceptors (Lipinski definition) is 4. The van der Waals surface area contributed by atoms with Gasteiger partial charge in [0.25, 0.3) is 5.56 Å². The number of ether oxygens (including phenoxy) is 1. The molecular weight excluding hydrogens is 230 g/mol. The molecule has 5 nitrogen and oxygen atoms in total. The maximum atomic E-state index is 11.8. The van der Waals surface area contributed by atoms with Gasteiger partial charge in [0.1, 0.15) is 11.9 Å². The molecule has 0 aromatic carbocycles. The number of hydrogen-bond donors (Lipinski definition) is 1. The van der Waals surface area contributed by atoms with Gasteiger partial charge in [-0.25, -0.2) is 4.98 Å². The van der Waals surface area contributed by atoms with Crippen LogP contribution >= 0.6 is 0 Å². The lowest BCUT2D eigenvalue weighted by atomic mass is 10.2. The highest BCUT2D eigenvalue weighted by molar-refractivity contribution is 5.15. The Bertz CT molecular complexity index is 482. The van der Waals surface area contributed by atoms with Crippen molar-refractivity contribution in [3.05, 3.63) is 27.4 Å². The van der Waals surface area contributed by atoms with Gasteiger partial charge in [0.15, 0.2) is 0 Å². The molecule has 0 saturated carbocycles. The van der Waals surface area contributed by atoms with Gasteiger partial charge in [0, 0.05) is 30.4 Å². The second-order valence-corrected chi connectivity index (χ2v) is 5.11. The van der Waals surface area contributed by atoms with E-state index >= 15 is 0 Å². The SMILES string of the molecule is Cc1nc(C2CN(C(C)C)CCO2)[nH]c(=O)c1C. The maximum absolute atomic E-state index is 11.8. The number of nitrogens with zero attached hydrogens (tertiary/aromatic N) is 2. The van der Waals surface area contributed by atoms with E-state index in [1.807, 2.05) is 6.92 Å². The van der Waals surface area contributed by atoms with E-state index in [2.05, 4.69) is 28.7 Å². The summed E-state index contributed by atoms with van der Waals surface area (Å²) in [6, 6.07) is 0.481. The van der Waals surface area contributed by atoms with E-state index in [9.17, 15) is 4.79 Å². The third kappa shape index (κ3) is 2.62. The normalized spacial score (nSPS) is 21.5. The number of aryl methyl sites for hydroxylation is 1. The van der Waals surface area contributed by atoms with Crippen LogP contribution in [0.25, 0.3) is 0 Å². The molecule has 1 aromatic heterocycles. The van der Waals surface area contributed by atoms with Gasteiger partial charge < -0.3 is 9.72 Å². The molecule has 0 bridgehead atoms. The van der Waals surface area contributed by atoms with E-state index in [-0.39, 0.29) is 11.7 Å². The van der Waals surface area contributed by atoms with E-state index in [0.717, 1.165) is 18.8 Å². The summed E-state index contributed by atoms with van der Waals surface area (Å²) in [4.78, 5) is 21.4. The summed E-state index contributed by atoms with van der Waals surface area (Å²) in [5.74, 6) is 0.647. The molecular formula is C13H21N3O2. The second kappa shape index (κ2) is 5.20. The van der Waals surface area contributed by atoms with Gasteiger partial charge in [-0.1, -0.05) is 0 Å². The van der Waals surface area contributed by atoms with Gasteiger partial charge >= 0.3 is 0 Å². The van der Waals surface area contributed by atoms with E-state index in [1.54, 1.807) is 6.92 Å². The average Bonchev–Trinajstić information content (AvgIpc) is 2.35. The van der Waals surface area contributed by atoms with Crippen molar-refractivity contribution in [3.63, 3.8) is 0 Å². The van der Waals surface area contributed by atoms with Gasteiger partial charge in [0.2, 0.25) is 0 Å². The Morgan fingerprint density at radius 2 is 2.17 bits per heavy atom. The third-order valence-electron chi connectivity index (χ3n) is 3.55. The van der Waals surface area contributed by atoms with Crippen LogP contribution in [0.2, 0.25) is 0 Å². The number of morpholine rings is 1. The molecule has 0 aliphatic carbocycles. The molecule has 1 N–H and O–H groups in total. The molecule has 1 aliphatic heterocycles. The van der Waals surface area contributed by atoms with Crippen LogP contribution in [-0.4, -0.2) is 40.6 Å². The summed E-state index contributed by atoms with van der Waals surface area (Å²) in [7, 11) is 0. The van der Waals surface area contributed by atoms with E-state index in [0.29, 0.717) is 24.0 Å². The van der Waals surface area contributed by atoms with E-state index < -0.39 is 0 Å². The molecule has 1 atom stereocenters. The number of nitrogens with one attached hydrogen (secondary N) is 1. The number of H-pyrrole nitrogens is 1. The van der Waals surface area contributed by atoms with Crippen LogP contribution in [0.4, 0.5) is 0 Å². The first kappa shape index (κ1) is 13.2. The molecule has 0 radical (unpaired) electrons. The summed E-state index contributed by atoms with van der Waals surface area (Å²) in [5, 5.41) is 0. The van der Waals surface area contributed by atoms with Gasteiger partial charge in [-0.2, -0.15) is 0 Å². The smallest absolute Gasteiger partial charge is 0.254 e. The number of aromatic amines is 1. The van der Waals surface area contributed by atoms with Gasteiger partial charge in [-0.15, -0.1) is 0 Å². The van der Waals surface area contributed by atoms with Crippen molar-refractivity contribution < 1.29 is 4.74 Å². The average molecular weight is 251 g/mol. The van der Waals surface area contributed by atoms with Crippen LogP contribution < -0.4 is 5.56 Å². The molecule has 18 heavy (non-hydrogen) atoms. The molecule has 2 rings (SSSR count). The zero-order valence-electron chi connectivity index (χ0n) is 11.5. The van der Waals surface area contributed by atoms with Crippen LogP contribution in [0.15, 0.2) is 4.79 Å². The Morgan fingerprint density at radius 3 is 2.78 bits per heavy atom. The van der Waals surface area contributed by atoms with Crippen molar-refractivity contribution in [2.45, 2.75) is 39.8 Å². The van der Waals surface area contributed by atoms with Crippen molar-refractivity contribution in [3.8, 4) is 0 Å². The molecule has 0 spiro atoms. The minimum absolute atomic E-state index is 0.0669. The summed E-state index contributed by atoms with van der Waals surface area (Å²) in [6.07, 6.45) is -0.131. The molecule has 2 heterocycles. The molecule has 1 aromatic rings. The van der Waals surface area contributed by atoms with Crippen molar-refractivity contribution >= 4 is 0 Å². The number of rotatable bonds is 2. The Hall–Kier alpha value is -1.20. The predicted molar refractivity (Wildman–Crippen MR) is 69.7 cm³/mol. The fourth-order valence-corrected chi connectivity index (χ4v) is 2.12. The first-order valence-corrected chi connectivity index (χ1v) is 6.42. The topological polar surface area (TPSA) is 58.2 Å². The van der Waals surface area contributed by atoms with Gasteiger partial charge in [-0.3, -0.25) is 9.69 Å². The molecule has 1 saturated heterocycles. The van der Waals surface area contributed by atoms with Crippen LogP contribution in [0.1, 0.15) is 37.0 Å². The molecule has 5 heteroatoms. The van der Waals surface area contributed by atoms with Gasteiger partial charge in [0.05, 0.1) is 6.61 Å². The fraction of sp³-hybridized carbons (Fsp3) is 0.692. The molecule has 1 aliphatic rings. The predicted octanol–water partition coefficient (Wildman–Crippen LogP) is 1.17. The Kier molecular flexibility index (Phi) is 3.82. The molecule has 0 amide bonds. The zero-order chi connectivity index (χ0) is 13.3. The highest BCUT2D eigenvalue weighted by Crippen LogP contribution is 2.20. The van der Waals surface area contributed by atoms with Crippen molar-refractivity contribution in [1.29, 1.82) is 0 Å². The van der Waals surface area contributed by atoms with Crippen molar-refractivity contribution in [1.82, 2.24) is 14.9 Å². The summed E-state index contributed by atoms with van der Waals surface area (Å²) < 4.78 is 5.72. The summed E-state index contributed by atoms with van der Waals surface area (Å²) in [6.45, 7) is 10.4. The number of aromatic nitrogens is 2. The zero-order valence-corrected chi connectivity index (χ0v) is 11.5. The lowest BCUT2D eigenvalue weighted by Gasteiger charge is -2.35. The lowest BCUT2D eigenvalue weighted by Crippen LogP contribution is -2.43. The van der Waals surface area contributed by atoms with Crippen LogP contribution in [0.3, 0.4) is 0 Å². The fourth-order valence-electron chi connectivity index (χ4n) is 2.12. The quantitative estimate of drug-likeness (QED) is 0.857. The van der Waals surface area contributed by atoms with E-state index in [4.69, 9.17) is 4.74 Å². The minimum Gasteiger partial charge on any atom is -0.368 e. The van der Waals surface area contributed by atoms with Crippen LogP contribution in [0.5, 0.6) is 0 Å². The Balaban J connectivity index is 2.24. The maximum Gasteiger partial charge on any atom is 0.254 e. The van der Waals surface area contributed by atoms with Crippen LogP contribution in [-0.2, 0) is 4.74 Å². The Morgan fingerprint density at radius 1 is 1.44 bits per heavy atom. The second-order valence-electron chi connectivity index (χ2n) is 5.11. The molecule has 1 unspecified atom stereocenters. The highest BCUT2D eigenvalue weighted by Gasteiger charge is 2.25. The summed E-state index contributed by atoms with van der Waals surface area (Å²) >= 11 is 0. The van der Waals surface area contributed by atoms with Crippen LogP contribution in [0, 0.1) is 13.8 Å². The highest BCUT2D eigenvalue weighted by atomic mass is 16.5. The molecule has 100 valence electrons. The van der Waals surface area contributed by atoms with Gasteiger partial charge in [-0.05, 0) is 27.7 Å². The standard InChI is InChI=1S/C13H21N3O2/c1-8(2)16-5-6-18-11(7-16)12-14-10(4)9(3)13(17)15-12/h8,11H,5-7H2,1-4H3,(H,14,15,17). The lowest BCUT2D eigenvalue weighted by molar-refractivity contribution is -0.0444. The largest absolute Gasteiger partial charge is 0.368 e. The monoisotopic (exact) mass is 251 g/mol. The van der Waals surface area contributed by atoms with E-state index in [1.165, 1.54) is 0 Å². The molecule has 1 fully saturated rings. The van der Waals surface area contributed by atoms with Crippen molar-refractivity contribution in [2.24, 2.45) is 0 Å². The third-order valence-corrected chi connectivity index (χ3v) is 3.55. The van der Waals surface area contributed by atoms with Crippen molar-refractivity contribution in [2.75, 3.05) is 19.7 Å².